The monoisotopic (exact) mass is 264 g/mol. The number of hydrogen-bond donors (Lipinski definition) is 1. The molecule has 0 aliphatic carbocycles. The molecule has 0 radical (unpaired) electrons. The Morgan fingerprint density at radius 2 is 1.71 bits per heavy atom. The zero-order chi connectivity index (χ0) is 12.3. The van der Waals surface area contributed by atoms with Gasteiger partial charge in [-0.05, 0) is 24.3 Å². The number of esters is 1. The molecule has 0 aliphatic heterocycles. The molecule has 17 heavy (non-hydrogen) atoms. The van der Waals surface area contributed by atoms with Crippen LogP contribution in [0.3, 0.4) is 0 Å². The molecule has 0 N–H and O–H groups in total. The number of thiol groups is 1. The van der Waals surface area contributed by atoms with Crippen molar-refractivity contribution in [2.75, 3.05) is 0 Å². The molecule has 0 aliphatic rings. The number of para-hydroxylation sites is 1. The van der Waals surface area contributed by atoms with Crippen molar-refractivity contribution in [2.45, 2.75) is 4.90 Å². The van der Waals surface area contributed by atoms with Crippen LogP contribution in [0.5, 0.6) is 5.75 Å². The molecular weight excluding hydrogens is 256 g/mol. The van der Waals surface area contributed by atoms with Crippen molar-refractivity contribution < 1.29 is 9.53 Å². The van der Waals surface area contributed by atoms with Crippen LogP contribution in [0.25, 0.3) is 0 Å². The molecule has 4 heteroatoms. The first-order valence-electron chi connectivity index (χ1n) is 4.93. The van der Waals surface area contributed by atoms with E-state index in [1.807, 2.05) is 0 Å². The highest BCUT2D eigenvalue weighted by Crippen LogP contribution is 2.25. The molecule has 0 bridgehead atoms. The number of benzene rings is 2. The van der Waals surface area contributed by atoms with Gasteiger partial charge in [0.05, 0.1) is 10.6 Å². The summed E-state index contributed by atoms with van der Waals surface area (Å²) in [5, 5.41) is 0.400. The van der Waals surface area contributed by atoms with Crippen molar-refractivity contribution in [3.63, 3.8) is 0 Å². The normalized spacial score (nSPS) is 10.0. The fourth-order valence-corrected chi connectivity index (χ4v) is 1.75. The highest BCUT2D eigenvalue weighted by atomic mass is 35.5. The lowest BCUT2D eigenvalue weighted by atomic mass is 10.2. The Labute approximate surface area is 110 Å². The van der Waals surface area contributed by atoms with Crippen LogP contribution in [0.2, 0.25) is 5.02 Å². The summed E-state index contributed by atoms with van der Waals surface area (Å²) in [5.41, 5.74) is 0.413. The Hall–Kier alpha value is -1.45. The second-order valence-electron chi connectivity index (χ2n) is 3.34. The van der Waals surface area contributed by atoms with Gasteiger partial charge in [-0.2, -0.15) is 0 Å². The molecule has 0 saturated carbocycles. The van der Waals surface area contributed by atoms with Gasteiger partial charge in [0.25, 0.3) is 0 Å². The van der Waals surface area contributed by atoms with Crippen molar-refractivity contribution in [2.24, 2.45) is 0 Å². The maximum absolute atomic E-state index is 11.9. The molecule has 0 unspecified atom stereocenters. The van der Waals surface area contributed by atoms with Crippen LogP contribution in [0.4, 0.5) is 0 Å². The van der Waals surface area contributed by atoms with Crippen molar-refractivity contribution in [3.8, 4) is 5.75 Å². The molecule has 2 rings (SSSR count). The van der Waals surface area contributed by atoms with E-state index in [4.69, 9.17) is 16.3 Å². The predicted octanol–water partition coefficient (Wildman–Crippen LogP) is 3.85. The summed E-state index contributed by atoms with van der Waals surface area (Å²) >= 11 is 10.1. The summed E-state index contributed by atoms with van der Waals surface area (Å²) in [4.78, 5) is 12.4. The van der Waals surface area contributed by atoms with E-state index in [9.17, 15) is 4.79 Å². The van der Waals surface area contributed by atoms with E-state index in [0.29, 0.717) is 21.2 Å². The molecule has 2 aromatic carbocycles. The van der Waals surface area contributed by atoms with Crippen molar-refractivity contribution >= 4 is 30.2 Å². The number of carbonyl (C=O) groups is 1. The minimum Gasteiger partial charge on any atom is -0.421 e. The highest BCUT2D eigenvalue weighted by molar-refractivity contribution is 7.80. The van der Waals surface area contributed by atoms with Gasteiger partial charge in [-0.1, -0.05) is 35.9 Å². The van der Waals surface area contributed by atoms with Gasteiger partial charge in [-0.3, -0.25) is 0 Å². The van der Waals surface area contributed by atoms with Gasteiger partial charge < -0.3 is 4.74 Å². The second kappa shape index (κ2) is 5.25. The summed E-state index contributed by atoms with van der Waals surface area (Å²) in [6.45, 7) is 0. The van der Waals surface area contributed by atoms with Gasteiger partial charge in [-0.25, -0.2) is 4.79 Å². The summed E-state index contributed by atoms with van der Waals surface area (Å²) < 4.78 is 5.19. The molecule has 0 spiro atoms. The van der Waals surface area contributed by atoms with Crippen LogP contribution >= 0.6 is 24.2 Å². The number of carbonyl (C=O) groups excluding carboxylic acids is 1. The lowest BCUT2D eigenvalue weighted by Crippen LogP contribution is -2.09. The second-order valence-corrected chi connectivity index (χ2v) is 4.23. The number of hydrogen-bond acceptors (Lipinski definition) is 3. The Morgan fingerprint density at radius 3 is 2.41 bits per heavy atom. The molecule has 86 valence electrons. The maximum Gasteiger partial charge on any atom is 0.344 e. The van der Waals surface area contributed by atoms with Crippen LogP contribution in [-0.4, -0.2) is 5.97 Å². The predicted molar refractivity (Wildman–Crippen MR) is 70.1 cm³/mol. The van der Waals surface area contributed by atoms with E-state index >= 15 is 0 Å². The summed E-state index contributed by atoms with van der Waals surface area (Å²) in [6.07, 6.45) is 0. The van der Waals surface area contributed by atoms with Gasteiger partial charge in [0.15, 0.2) is 0 Å². The van der Waals surface area contributed by atoms with Crippen LogP contribution in [-0.2, 0) is 0 Å². The number of halogens is 1. The maximum atomic E-state index is 11.9. The largest absolute Gasteiger partial charge is 0.421 e. The van der Waals surface area contributed by atoms with Crippen molar-refractivity contribution in [3.05, 3.63) is 59.1 Å². The smallest absolute Gasteiger partial charge is 0.344 e. The topological polar surface area (TPSA) is 26.3 Å². The van der Waals surface area contributed by atoms with Crippen LogP contribution < -0.4 is 4.74 Å². The fourth-order valence-electron chi connectivity index (χ4n) is 1.33. The summed E-state index contributed by atoms with van der Waals surface area (Å²) in [5.74, 6) is -0.126. The van der Waals surface area contributed by atoms with Gasteiger partial charge in [-0.15, -0.1) is 12.6 Å². The molecule has 0 saturated heterocycles. The molecule has 0 atom stereocenters. The fraction of sp³-hybridized carbons (Fsp3) is 0. The van der Waals surface area contributed by atoms with Gasteiger partial charge in [0.2, 0.25) is 0 Å². The third-order valence-corrected chi connectivity index (χ3v) is 2.87. The molecule has 2 nitrogen and oxygen atoms in total. The molecule has 0 heterocycles. The first-order chi connectivity index (χ1) is 8.18. The van der Waals surface area contributed by atoms with Gasteiger partial charge >= 0.3 is 5.97 Å². The van der Waals surface area contributed by atoms with Crippen molar-refractivity contribution in [1.82, 2.24) is 0 Å². The average molecular weight is 265 g/mol. The van der Waals surface area contributed by atoms with Crippen LogP contribution in [0, 0.1) is 0 Å². The molecule has 0 amide bonds. The summed E-state index contributed by atoms with van der Waals surface area (Å²) in [7, 11) is 0. The number of rotatable bonds is 2. The SMILES string of the molecule is O=C(Oc1ccccc1Cl)c1ccccc1S. The Bertz CT molecular complexity index is 555. The lowest BCUT2D eigenvalue weighted by molar-refractivity contribution is 0.0731. The minimum absolute atomic E-state index is 0.343. The molecule has 0 aromatic heterocycles. The van der Waals surface area contributed by atoms with Crippen LogP contribution in [0.1, 0.15) is 10.4 Å². The van der Waals surface area contributed by atoms with E-state index < -0.39 is 5.97 Å². The first kappa shape index (κ1) is 12.0. The zero-order valence-corrected chi connectivity index (χ0v) is 10.4. The third kappa shape index (κ3) is 2.81. The third-order valence-electron chi connectivity index (χ3n) is 2.16. The van der Waals surface area contributed by atoms with E-state index in [2.05, 4.69) is 12.6 Å². The molecule has 0 fully saturated rings. The molecule has 2 aromatic rings. The van der Waals surface area contributed by atoms with Crippen molar-refractivity contribution in [1.29, 1.82) is 0 Å². The standard InChI is InChI=1S/C13H9ClO2S/c14-10-6-2-3-7-11(10)16-13(15)9-5-1-4-8-12(9)17/h1-8,17H. The van der Waals surface area contributed by atoms with Crippen LogP contribution in [0.15, 0.2) is 53.4 Å². The summed E-state index contributed by atoms with van der Waals surface area (Å²) in [6, 6.07) is 13.8. The molecular formula is C13H9ClO2S. The van der Waals surface area contributed by atoms with E-state index in [1.165, 1.54) is 0 Å². The van der Waals surface area contributed by atoms with E-state index in [1.54, 1.807) is 48.5 Å². The minimum atomic E-state index is -0.469. The average Bonchev–Trinajstić information content (AvgIpc) is 2.32. The Balaban J connectivity index is 2.24. The van der Waals surface area contributed by atoms with Gasteiger partial charge in [0, 0.05) is 4.90 Å². The first-order valence-corrected chi connectivity index (χ1v) is 5.75. The lowest BCUT2D eigenvalue weighted by Gasteiger charge is -2.07. The Kier molecular flexibility index (Phi) is 3.71. The highest BCUT2D eigenvalue weighted by Gasteiger charge is 2.12. The zero-order valence-electron chi connectivity index (χ0n) is 8.76. The quantitative estimate of drug-likeness (QED) is 0.507. The van der Waals surface area contributed by atoms with E-state index in [0.717, 1.165) is 0 Å². The Morgan fingerprint density at radius 1 is 1.06 bits per heavy atom. The van der Waals surface area contributed by atoms with E-state index in [-0.39, 0.29) is 0 Å². The van der Waals surface area contributed by atoms with Gasteiger partial charge in [0.1, 0.15) is 5.75 Å². The number of ether oxygens (including phenoxy) is 1.